The molecule has 2 aromatic heterocycles. The largest absolute Gasteiger partial charge is 0.459 e. The van der Waals surface area contributed by atoms with E-state index in [-0.39, 0.29) is 5.91 Å². The predicted octanol–water partition coefficient (Wildman–Crippen LogP) is 1.85. The summed E-state index contributed by atoms with van der Waals surface area (Å²) >= 11 is 0. The summed E-state index contributed by atoms with van der Waals surface area (Å²) in [6.07, 6.45) is 4.67. The van der Waals surface area contributed by atoms with E-state index in [1.807, 2.05) is 24.3 Å². The highest BCUT2D eigenvalue weighted by Crippen LogP contribution is 2.06. The number of hydrogen-bond acceptors (Lipinski definition) is 4. The first-order chi connectivity index (χ1) is 10.3. The zero-order valence-electron chi connectivity index (χ0n) is 11.3. The van der Waals surface area contributed by atoms with Gasteiger partial charge in [-0.3, -0.25) is 4.79 Å². The Morgan fingerprint density at radius 3 is 2.67 bits per heavy atom. The highest BCUT2D eigenvalue weighted by atomic mass is 16.3. The van der Waals surface area contributed by atoms with Gasteiger partial charge >= 0.3 is 0 Å². The predicted molar refractivity (Wildman–Crippen MR) is 75.4 cm³/mol. The molecule has 6 nitrogen and oxygen atoms in total. The molecule has 0 spiro atoms. The van der Waals surface area contributed by atoms with Crippen molar-refractivity contribution in [3.63, 3.8) is 0 Å². The maximum atomic E-state index is 11.7. The molecule has 106 valence electrons. The molecule has 2 heterocycles. The Bertz CT molecular complexity index is 688. The van der Waals surface area contributed by atoms with Crippen LogP contribution >= 0.6 is 0 Å². The lowest BCUT2D eigenvalue weighted by atomic mass is 10.1. The van der Waals surface area contributed by atoms with Crippen LogP contribution in [0.3, 0.4) is 0 Å². The van der Waals surface area contributed by atoms with Crippen LogP contribution in [-0.4, -0.2) is 20.7 Å². The quantitative estimate of drug-likeness (QED) is 0.775. The van der Waals surface area contributed by atoms with Crippen molar-refractivity contribution in [3.8, 4) is 0 Å². The monoisotopic (exact) mass is 282 g/mol. The van der Waals surface area contributed by atoms with Crippen molar-refractivity contribution in [1.29, 1.82) is 0 Å². The van der Waals surface area contributed by atoms with Crippen molar-refractivity contribution in [1.82, 2.24) is 20.1 Å². The van der Waals surface area contributed by atoms with Gasteiger partial charge in [0, 0.05) is 6.54 Å². The first-order valence-electron chi connectivity index (χ1n) is 6.53. The van der Waals surface area contributed by atoms with Gasteiger partial charge in [-0.1, -0.05) is 24.3 Å². The zero-order chi connectivity index (χ0) is 14.5. The molecule has 0 unspecified atom stereocenters. The Kier molecular flexibility index (Phi) is 3.77. The molecule has 0 aliphatic heterocycles. The third-order valence-corrected chi connectivity index (χ3v) is 3.03. The Balaban J connectivity index is 1.56. The standard InChI is InChI=1S/C15H14N4O2/c20-15(14-2-1-7-21-14)17-8-12-3-5-13(6-4-12)9-19-11-16-10-18-19/h1-7,10-11H,8-9H2,(H,17,20). The lowest BCUT2D eigenvalue weighted by molar-refractivity contribution is 0.0923. The van der Waals surface area contributed by atoms with Crippen LogP contribution < -0.4 is 5.32 Å². The highest BCUT2D eigenvalue weighted by Gasteiger charge is 2.07. The van der Waals surface area contributed by atoms with Crippen LogP contribution in [0.5, 0.6) is 0 Å². The number of carbonyl (C=O) groups is 1. The average Bonchev–Trinajstić information content (AvgIpc) is 3.19. The molecule has 21 heavy (non-hydrogen) atoms. The minimum Gasteiger partial charge on any atom is -0.459 e. The van der Waals surface area contributed by atoms with Crippen LogP contribution in [0, 0.1) is 0 Å². The molecule has 3 rings (SSSR count). The first kappa shape index (κ1) is 13.1. The summed E-state index contributed by atoms with van der Waals surface area (Å²) in [5.41, 5.74) is 2.15. The zero-order valence-corrected chi connectivity index (χ0v) is 11.3. The van der Waals surface area contributed by atoms with E-state index in [2.05, 4.69) is 15.4 Å². The van der Waals surface area contributed by atoms with Crippen LogP contribution in [-0.2, 0) is 13.1 Å². The normalized spacial score (nSPS) is 10.5. The van der Waals surface area contributed by atoms with E-state index in [0.717, 1.165) is 11.1 Å². The molecular weight excluding hydrogens is 268 g/mol. The fourth-order valence-corrected chi connectivity index (χ4v) is 1.94. The molecule has 0 bridgehead atoms. The number of rotatable bonds is 5. The number of nitrogens with zero attached hydrogens (tertiary/aromatic N) is 3. The molecule has 1 aromatic carbocycles. The third-order valence-electron chi connectivity index (χ3n) is 3.03. The maximum absolute atomic E-state index is 11.7. The van der Waals surface area contributed by atoms with Crippen LogP contribution in [0.4, 0.5) is 0 Å². The molecular formula is C15H14N4O2. The molecule has 0 aliphatic carbocycles. The van der Waals surface area contributed by atoms with Crippen LogP contribution in [0.15, 0.2) is 59.7 Å². The van der Waals surface area contributed by atoms with E-state index in [1.54, 1.807) is 23.1 Å². The number of carbonyl (C=O) groups excluding carboxylic acids is 1. The summed E-state index contributed by atoms with van der Waals surface area (Å²) in [6.45, 7) is 1.14. The molecule has 1 N–H and O–H groups in total. The third kappa shape index (κ3) is 3.36. The molecule has 0 radical (unpaired) electrons. The van der Waals surface area contributed by atoms with E-state index in [1.165, 1.54) is 12.6 Å². The number of furan rings is 1. The smallest absolute Gasteiger partial charge is 0.287 e. The topological polar surface area (TPSA) is 73.0 Å². The Morgan fingerprint density at radius 1 is 1.19 bits per heavy atom. The SMILES string of the molecule is O=C(NCc1ccc(Cn2cncn2)cc1)c1ccco1. The van der Waals surface area contributed by atoms with E-state index in [0.29, 0.717) is 18.8 Å². The second kappa shape index (κ2) is 6.04. The summed E-state index contributed by atoms with van der Waals surface area (Å²) in [5.74, 6) is 0.101. The minimum absolute atomic E-state index is 0.216. The van der Waals surface area contributed by atoms with Crippen LogP contribution in [0.25, 0.3) is 0 Å². The van der Waals surface area contributed by atoms with Crippen molar-refractivity contribution in [2.75, 3.05) is 0 Å². The summed E-state index contributed by atoms with van der Waals surface area (Å²) in [4.78, 5) is 15.6. The van der Waals surface area contributed by atoms with E-state index < -0.39 is 0 Å². The number of hydrogen-bond donors (Lipinski definition) is 1. The second-order valence-corrected chi connectivity index (χ2v) is 4.57. The fraction of sp³-hybridized carbons (Fsp3) is 0.133. The van der Waals surface area contributed by atoms with Crippen molar-refractivity contribution < 1.29 is 9.21 Å². The summed E-state index contributed by atoms with van der Waals surface area (Å²) in [6, 6.07) is 11.3. The van der Waals surface area contributed by atoms with Gasteiger partial charge in [0.25, 0.3) is 5.91 Å². The lowest BCUT2D eigenvalue weighted by Crippen LogP contribution is -2.22. The molecule has 3 aromatic rings. The van der Waals surface area contributed by atoms with Gasteiger partial charge in [0.15, 0.2) is 5.76 Å². The van der Waals surface area contributed by atoms with Crippen molar-refractivity contribution >= 4 is 5.91 Å². The van der Waals surface area contributed by atoms with Crippen molar-refractivity contribution in [2.24, 2.45) is 0 Å². The van der Waals surface area contributed by atoms with Gasteiger partial charge in [-0.2, -0.15) is 5.10 Å². The summed E-state index contributed by atoms with van der Waals surface area (Å²) in [5, 5.41) is 6.87. The minimum atomic E-state index is -0.216. The molecule has 0 saturated heterocycles. The number of nitrogens with one attached hydrogen (secondary N) is 1. The van der Waals surface area contributed by atoms with Crippen molar-refractivity contribution in [2.45, 2.75) is 13.1 Å². The maximum Gasteiger partial charge on any atom is 0.287 e. The lowest BCUT2D eigenvalue weighted by Gasteiger charge is -2.05. The van der Waals surface area contributed by atoms with E-state index >= 15 is 0 Å². The Labute approximate surface area is 121 Å². The number of amides is 1. The highest BCUT2D eigenvalue weighted by molar-refractivity contribution is 5.91. The van der Waals surface area contributed by atoms with Crippen LogP contribution in [0.1, 0.15) is 21.7 Å². The van der Waals surface area contributed by atoms with Gasteiger partial charge in [0.1, 0.15) is 12.7 Å². The molecule has 0 aliphatic rings. The van der Waals surface area contributed by atoms with Gasteiger partial charge in [0.2, 0.25) is 0 Å². The molecule has 0 fully saturated rings. The number of aromatic nitrogens is 3. The second-order valence-electron chi connectivity index (χ2n) is 4.57. The summed E-state index contributed by atoms with van der Waals surface area (Å²) in [7, 11) is 0. The number of benzene rings is 1. The van der Waals surface area contributed by atoms with Gasteiger partial charge in [-0.15, -0.1) is 0 Å². The average molecular weight is 282 g/mol. The Hall–Kier alpha value is -2.89. The van der Waals surface area contributed by atoms with Gasteiger partial charge in [-0.25, -0.2) is 9.67 Å². The van der Waals surface area contributed by atoms with Gasteiger partial charge in [-0.05, 0) is 23.3 Å². The summed E-state index contributed by atoms with van der Waals surface area (Å²) < 4.78 is 6.79. The fourth-order valence-electron chi connectivity index (χ4n) is 1.94. The van der Waals surface area contributed by atoms with Crippen molar-refractivity contribution in [3.05, 3.63) is 72.2 Å². The molecule has 0 saturated carbocycles. The van der Waals surface area contributed by atoms with Gasteiger partial charge in [0.05, 0.1) is 12.8 Å². The molecule has 0 atom stereocenters. The first-order valence-corrected chi connectivity index (χ1v) is 6.53. The van der Waals surface area contributed by atoms with E-state index in [4.69, 9.17) is 4.42 Å². The van der Waals surface area contributed by atoms with Gasteiger partial charge < -0.3 is 9.73 Å². The Morgan fingerprint density at radius 2 is 2.00 bits per heavy atom. The molecule has 1 amide bonds. The van der Waals surface area contributed by atoms with Crippen LogP contribution in [0.2, 0.25) is 0 Å². The molecule has 6 heteroatoms. The van der Waals surface area contributed by atoms with E-state index in [9.17, 15) is 4.79 Å².